The second-order valence-electron chi connectivity index (χ2n) is 6.39. The van der Waals surface area contributed by atoms with Gasteiger partial charge in [0.2, 0.25) is 5.91 Å². The standard InChI is InChI=1S/C16H25N3OS/c1-11(7-18-16(20)12(2)14-8-17-9-14)19-5-3-15-13(10-19)4-6-21-15/h4,6,11-12,14,17H,3,5,7-10H2,1-2H3,(H,18,20). The molecule has 116 valence electrons. The molecule has 1 fully saturated rings. The molecule has 2 N–H and O–H groups in total. The number of carbonyl (C=O) groups excluding carboxylic acids is 1. The van der Waals surface area contributed by atoms with Crippen molar-refractivity contribution < 1.29 is 4.79 Å². The average molecular weight is 307 g/mol. The molecule has 1 amide bonds. The lowest BCUT2D eigenvalue weighted by molar-refractivity contribution is -0.126. The first-order valence-corrected chi connectivity index (χ1v) is 8.81. The van der Waals surface area contributed by atoms with E-state index in [1.807, 2.05) is 18.3 Å². The molecule has 0 bridgehead atoms. The van der Waals surface area contributed by atoms with E-state index >= 15 is 0 Å². The Balaban J connectivity index is 1.46. The number of nitrogens with one attached hydrogen (secondary N) is 2. The van der Waals surface area contributed by atoms with Crippen molar-refractivity contribution in [2.45, 2.75) is 32.9 Å². The molecule has 1 aromatic heterocycles. The maximum atomic E-state index is 12.2. The molecule has 1 saturated heterocycles. The summed E-state index contributed by atoms with van der Waals surface area (Å²) in [6.45, 7) is 9.11. The average Bonchev–Trinajstić information content (AvgIpc) is 2.89. The maximum Gasteiger partial charge on any atom is 0.223 e. The Labute approximate surface area is 130 Å². The Morgan fingerprint density at radius 2 is 2.33 bits per heavy atom. The van der Waals surface area contributed by atoms with Crippen LogP contribution >= 0.6 is 11.3 Å². The normalized spacial score (nSPS) is 22.2. The molecule has 0 radical (unpaired) electrons. The van der Waals surface area contributed by atoms with Crippen molar-refractivity contribution in [2.75, 3.05) is 26.2 Å². The van der Waals surface area contributed by atoms with Crippen LogP contribution in [0.3, 0.4) is 0 Å². The molecular formula is C16H25N3OS. The zero-order valence-electron chi connectivity index (χ0n) is 12.9. The first kappa shape index (κ1) is 15.0. The molecule has 3 heterocycles. The molecule has 0 aliphatic carbocycles. The fourth-order valence-corrected chi connectivity index (χ4v) is 3.95. The summed E-state index contributed by atoms with van der Waals surface area (Å²) in [5.74, 6) is 0.855. The molecule has 5 heteroatoms. The fraction of sp³-hybridized carbons (Fsp3) is 0.688. The maximum absolute atomic E-state index is 12.2. The van der Waals surface area contributed by atoms with Gasteiger partial charge in [0.15, 0.2) is 0 Å². The van der Waals surface area contributed by atoms with Crippen LogP contribution in [-0.4, -0.2) is 43.0 Å². The second-order valence-corrected chi connectivity index (χ2v) is 7.39. The van der Waals surface area contributed by atoms with Crippen molar-refractivity contribution in [2.24, 2.45) is 11.8 Å². The minimum Gasteiger partial charge on any atom is -0.354 e. The van der Waals surface area contributed by atoms with E-state index in [2.05, 4.69) is 33.9 Å². The summed E-state index contributed by atoms with van der Waals surface area (Å²) < 4.78 is 0. The number of thiophene rings is 1. The predicted octanol–water partition coefficient (Wildman–Crippen LogP) is 1.47. The highest BCUT2D eigenvalue weighted by molar-refractivity contribution is 7.10. The third-order valence-electron chi connectivity index (χ3n) is 4.97. The highest BCUT2D eigenvalue weighted by atomic mass is 32.1. The van der Waals surface area contributed by atoms with Crippen LogP contribution in [-0.2, 0) is 17.8 Å². The van der Waals surface area contributed by atoms with Gasteiger partial charge in [-0.15, -0.1) is 11.3 Å². The minimum atomic E-state index is 0.128. The molecule has 0 aromatic carbocycles. The van der Waals surface area contributed by atoms with E-state index in [1.165, 1.54) is 10.4 Å². The van der Waals surface area contributed by atoms with E-state index in [4.69, 9.17) is 0 Å². The van der Waals surface area contributed by atoms with Crippen molar-refractivity contribution in [3.8, 4) is 0 Å². The van der Waals surface area contributed by atoms with E-state index in [-0.39, 0.29) is 11.8 Å². The Morgan fingerprint density at radius 3 is 3.05 bits per heavy atom. The lowest BCUT2D eigenvalue weighted by atomic mass is 9.88. The Bertz CT molecular complexity index is 497. The summed E-state index contributed by atoms with van der Waals surface area (Å²) in [4.78, 5) is 16.2. The quantitative estimate of drug-likeness (QED) is 0.866. The Hall–Kier alpha value is -0.910. The van der Waals surface area contributed by atoms with E-state index in [0.29, 0.717) is 12.0 Å². The van der Waals surface area contributed by atoms with E-state index in [0.717, 1.165) is 39.1 Å². The van der Waals surface area contributed by atoms with E-state index < -0.39 is 0 Å². The van der Waals surface area contributed by atoms with Gasteiger partial charge in [-0.3, -0.25) is 9.69 Å². The second kappa shape index (κ2) is 6.46. The topological polar surface area (TPSA) is 44.4 Å². The van der Waals surface area contributed by atoms with Gasteiger partial charge >= 0.3 is 0 Å². The van der Waals surface area contributed by atoms with Crippen molar-refractivity contribution >= 4 is 17.2 Å². The van der Waals surface area contributed by atoms with Gasteiger partial charge in [-0.05, 0) is 49.4 Å². The van der Waals surface area contributed by atoms with Gasteiger partial charge in [0.05, 0.1) is 0 Å². The first-order valence-electron chi connectivity index (χ1n) is 7.93. The molecule has 2 unspecified atom stereocenters. The van der Waals surface area contributed by atoms with Crippen LogP contribution in [0.4, 0.5) is 0 Å². The molecule has 2 atom stereocenters. The Kier molecular flexibility index (Phi) is 4.62. The molecular weight excluding hydrogens is 282 g/mol. The molecule has 3 rings (SSSR count). The fourth-order valence-electron chi connectivity index (χ4n) is 3.06. The van der Waals surface area contributed by atoms with Gasteiger partial charge in [0, 0.05) is 36.5 Å². The lowest BCUT2D eigenvalue weighted by Gasteiger charge is -2.34. The number of amides is 1. The third-order valence-corrected chi connectivity index (χ3v) is 5.99. The number of rotatable bonds is 5. The number of hydrogen-bond donors (Lipinski definition) is 2. The molecule has 2 aliphatic rings. The summed E-state index contributed by atoms with van der Waals surface area (Å²) in [5, 5.41) is 8.56. The molecule has 4 nitrogen and oxygen atoms in total. The smallest absolute Gasteiger partial charge is 0.223 e. The van der Waals surface area contributed by atoms with Crippen LogP contribution in [0.1, 0.15) is 24.3 Å². The van der Waals surface area contributed by atoms with E-state index in [9.17, 15) is 4.79 Å². The molecule has 0 spiro atoms. The van der Waals surface area contributed by atoms with Crippen LogP contribution in [0.15, 0.2) is 11.4 Å². The van der Waals surface area contributed by atoms with Gasteiger partial charge in [-0.25, -0.2) is 0 Å². The summed E-state index contributed by atoms with van der Waals surface area (Å²) >= 11 is 1.87. The molecule has 21 heavy (non-hydrogen) atoms. The van der Waals surface area contributed by atoms with Crippen LogP contribution in [0.25, 0.3) is 0 Å². The highest BCUT2D eigenvalue weighted by Gasteiger charge is 2.29. The number of nitrogens with zero attached hydrogens (tertiary/aromatic N) is 1. The zero-order valence-corrected chi connectivity index (χ0v) is 13.7. The number of fused-ring (bicyclic) bond motifs is 1. The van der Waals surface area contributed by atoms with Crippen molar-refractivity contribution in [1.82, 2.24) is 15.5 Å². The molecule has 0 saturated carbocycles. The minimum absolute atomic E-state index is 0.128. The summed E-state index contributed by atoms with van der Waals surface area (Å²) in [7, 11) is 0. The zero-order chi connectivity index (χ0) is 14.8. The number of carbonyl (C=O) groups is 1. The molecule has 2 aliphatic heterocycles. The third kappa shape index (κ3) is 3.30. The molecule has 1 aromatic rings. The Morgan fingerprint density at radius 1 is 1.52 bits per heavy atom. The van der Waals surface area contributed by atoms with Crippen molar-refractivity contribution in [3.05, 3.63) is 21.9 Å². The highest BCUT2D eigenvalue weighted by Crippen LogP contribution is 2.25. The van der Waals surface area contributed by atoms with Crippen LogP contribution in [0, 0.1) is 11.8 Å². The lowest BCUT2D eigenvalue weighted by Crippen LogP contribution is -2.51. The largest absolute Gasteiger partial charge is 0.354 e. The van der Waals surface area contributed by atoms with Gasteiger partial charge in [-0.2, -0.15) is 0 Å². The van der Waals surface area contributed by atoms with Crippen molar-refractivity contribution in [1.29, 1.82) is 0 Å². The van der Waals surface area contributed by atoms with E-state index in [1.54, 1.807) is 0 Å². The SMILES string of the molecule is CC(C(=O)NCC(C)N1CCc2sccc2C1)C1CNC1. The van der Waals surface area contributed by atoms with Gasteiger partial charge in [0.1, 0.15) is 0 Å². The summed E-state index contributed by atoms with van der Waals surface area (Å²) in [5.41, 5.74) is 1.47. The van der Waals surface area contributed by atoms with Crippen LogP contribution in [0.2, 0.25) is 0 Å². The van der Waals surface area contributed by atoms with Crippen LogP contribution in [0.5, 0.6) is 0 Å². The van der Waals surface area contributed by atoms with Gasteiger partial charge in [0.25, 0.3) is 0 Å². The summed E-state index contributed by atoms with van der Waals surface area (Å²) in [6.07, 6.45) is 1.15. The van der Waals surface area contributed by atoms with Crippen molar-refractivity contribution in [3.63, 3.8) is 0 Å². The summed E-state index contributed by atoms with van der Waals surface area (Å²) in [6, 6.07) is 2.64. The van der Waals surface area contributed by atoms with Gasteiger partial charge < -0.3 is 10.6 Å². The predicted molar refractivity (Wildman–Crippen MR) is 86.4 cm³/mol. The number of hydrogen-bond acceptors (Lipinski definition) is 4. The monoisotopic (exact) mass is 307 g/mol. The first-order chi connectivity index (χ1) is 10.1. The van der Waals surface area contributed by atoms with Gasteiger partial charge in [-0.1, -0.05) is 6.92 Å². The van der Waals surface area contributed by atoms with Crippen LogP contribution < -0.4 is 10.6 Å².